The number of nitrogens with one attached hydrogen (secondary N) is 1. The Kier molecular flexibility index (Phi) is 7.91. The Morgan fingerprint density at radius 2 is 1.73 bits per heavy atom. The van der Waals surface area contributed by atoms with E-state index in [0.717, 1.165) is 55.0 Å². The van der Waals surface area contributed by atoms with E-state index in [1.165, 1.54) is 22.9 Å². The highest BCUT2D eigenvalue weighted by Gasteiger charge is 2.18. The van der Waals surface area contributed by atoms with Gasteiger partial charge in [0.2, 0.25) is 5.95 Å². The van der Waals surface area contributed by atoms with E-state index in [9.17, 15) is 4.79 Å². The largest absolute Gasteiger partial charge is 0.352 e. The van der Waals surface area contributed by atoms with Gasteiger partial charge in [-0.05, 0) is 68.3 Å². The van der Waals surface area contributed by atoms with Gasteiger partial charge in [0.15, 0.2) is 0 Å². The zero-order valence-corrected chi connectivity index (χ0v) is 20.0. The molecule has 3 heterocycles. The van der Waals surface area contributed by atoms with Crippen molar-refractivity contribution in [3.63, 3.8) is 0 Å². The monoisotopic (exact) mass is 462 g/mol. The molecule has 0 bridgehead atoms. The maximum Gasteiger partial charge on any atom is 0.254 e. The fourth-order valence-electron chi connectivity index (χ4n) is 3.76. The van der Waals surface area contributed by atoms with E-state index in [0.29, 0.717) is 12.1 Å². The van der Waals surface area contributed by atoms with Crippen molar-refractivity contribution in [2.24, 2.45) is 0 Å². The van der Waals surface area contributed by atoms with Gasteiger partial charge in [-0.1, -0.05) is 17.8 Å². The van der Waals surface area contributed by atoms with Crippen LogP contribution in [-0.4, -0.2) is 65.0 Å². The van der Waals surface area contributed by atoms with Crippen LogP contribution in [0.1, 0.15) is 27.9 Å². The van der Waals surface area contributed by atoms with Crippen LogP contribution in [0.15, 0.2) is 64.9 Å². The Morgan fingerprint density at radius 3 is 2.48 bits per heavy atom. The van der Waals surface area contributed by atoms with E-state index in [1.807, 2.05) is 18.2 Å². The van der Waals surface area contributed by atoms with Crippen LogP contribution in [0, 0.1) is 13.8 Å². The first kappa shape index (κ1) is 23.2. The van der Waals surface area contributed by atoms with E-state index in [1.54, 1.807) is 18.6 Å². The number of carbonyl (C=O) groups excluding carboxylic acids is 1. The Bertz CT molecular complexity index is 1070. The second-order valence-corrected chi connectivity index (χ2v) is 9.25. The summed E-state index contributed by atoms with van der Waals surface area (Å²) in [5.74, 6) is 0.732. The van der Waals surface area contributed by atoms with Crippen molar-refractivity contribution in [1.29, 1.82) is 0 Å². The number of aryl methyl sites for hydroxylation is 2. The average molecular weight is 463 g/mol. The smallest absolute Gasteiger partial charge is 0.254 e. The van der Waals surface area contributed by atoms with Crippen LogP contribution in [0.2, 0.25) is 0 Å². The molecule has 0 spiro atoms. The average Bonchev–Trinajstić information content (AvgIpc) is 2.85. The Morgan fingerprint density at radius 1 is 0.970 bits per heavy atom. The van der Waals surface area contributed by atoms with Gasteiger partial charge < -0.3 is 10.2 Å². The molecule has 0 unspecified atom stereocenters. The molecule has 0 radical (unpaired) electrons. The molecule has 4 rings (SSSR count). The van der Waals surface area contributed by atoms with Gasteiger partial charge in [-0.2, -0.15) is 0 Å². The highest BCUT2D eigenvalue weighted by atomic mass is 32.2. The lowest BCUT2D eigenvalue weighted by Gasteiger charge is -2.34. The van der Waals surface area contributed by atoms with Crippen LogP contribution in [0.4, 0.5) is 5.95 Å². The maximum atomic E-state index is 12.8. The first-order valence-corrected chi connectivity index (χ1v) is 12.1. The summed E-state index contributed by atoms with van der Waals surface area (Å²) in [5.41, 5.74) is 3.12. The predicted molar refractivity (Wildman–Crippen MR) is 132 cm³/mol. The molecule has 1 N–H and O–H groups in total. The van der Waals surface area contributed by atoms with Crippen LogP contribution >= 0.6 is 11.8 Å². The molecule has 2 aromatic heterocycles. The van der Waals surface area contributed by atoms with Crippen molar-refractivity contribution in [2.75, 3.05) is 44.2 Å². The highest BCUT2D eigenvalue weighted by molar-refractivity contribution is 7.99. The number of amides is 1. The number of hydrogen-bond acceptors (Lipinski definition) is 7. The van der Waals surface area contributed by atoms with E-state index in [4.69, 9.17) is 0 Å². The van der Waals surface area contributed by atoms with E-state index in [-0.39, 0.29) is 5.91 Å². The summed E-state index contributed by atoms with van der Waals surface area (Å²) >= 11 is 1.53. The van der Waals surface area contributed by atoms with Gasteiger partial charge in [0.25, 0.3) is 5.91 Å². The van der Waals surface area contributed by atoms with Crippen molar-refractivity contribution >= 4 is 23.6 Å². The lowest BCUT2D eigenvalue weighted by Crippen LogP contribution is -2.47. The van der Waals surface area contributed by atoms with E-state index >= 15 is 0 Å². The number of pyridine rings is 1. The molecule has 172 valence electrons. The quantitative estimate of drug-likeness (QED) is 0.513. The van der Waals surface area contributed by atoms with Crippen molar-refractivity contribution in [1.82, 2.24) is 25.2 Å². The van der Waals surface area contributed by atoms with Crippen LogP contribution in [0.3, 0.4) is 0 Å². The first-order valence-electron chi connectivity index (χ1n) is 11.3. The number of aromatic nitrogens is 3. The Hall–Kier alpha value is -2.97. The van der Waals surface area contributed by atoms with Gasteiger partial charge in [-0.15, -0.1) is 0 Å². The van der Waals surface area contributed by atoms with Gasteiger partial charge in [0.05, 0.1) is 5.56 Å². The summed E-state index contributed by atoms with van der Waals surface area (Å²) in [6.07, 6.45) is 6.21. The number of benzene rings is 1. The molecule has 33 heavy (non-hydrogen) atoms. The summed E-state index contributed by atoms with van der Waals surface area (Å²) in [4.78, 5) is 31.7. The Labute approximate surface area is 199 Å². The molecule has 0 aliphatic carbocycles. The molecule has 1 aromatic carbocycles. The van der Waals surface area contributed by atoms with Crippen LogP contribution < -0.4 is 10.2 Å². The Balaban J connectivity index is 1.23. The number of rotatable bonds is 8. The lowest BCUT2D eigenvalue weighted by atomic mass is 10.1. The minimum Gasteiger partial charge on any atom is -0.352 e. The van der Waals surface area contributed by atoms with Gasteiger partial charge >= 0.3 is 0 Å². The third-order valence-electron chi connectivity index (χ3n) is 5.85. The van der Waals surface area contributed by atoms with E-state index < -0.39 is 0 Å². The third kappa shape index (κ3) is 6.30. The summed E-state index contributed by atoms with van der Waals surface area (Å²) in [6, 6.07) is 11.8. The minimum atomic E-state index is -0.0690. The van der Waals surface area contributed by atoms with Gasteiger partial charge in [-0.25, -0.2) is 15.0 Å². The topological polar surface area (TPSA) is 74.2 Å². The highest BCUT2D eigenvalue weighted by Crippen LogP contribution is 2.29. The van der Waals surface area contributed by atoms with Crippen molar-refractivity contribution in [3.05, 3.63) is 71.7 Å². The first-order chi connectivity index (χ1) is 16.1. The molecule has 1 fully saturated rings. The summed E-state index contributed by atoms with van der Waals surface area (Å²) in [5, 5.41) is 3.80. The summed E-state index contributed by atoms with van der Waals surface area (Å²) in [7, 11) is 0. The molecular formula is C25H30N6OS. The van der Waals surface area contributed by atoms with Crippen molar-refractivity contribution in [2.45, 2.75) is 30.2 Å². The number of piperazine rings is 1. The second-order valence-electron chi connectivity index (χ2n) is 8.19. The van der Waals surface area contributed by atoms with Crippen LogP contribution in [0.5, 0.6) is 0 Å². The number of carbonyl (C=O) groups is 1. The second kappa shape index (κ2) is 11.2. The zero-order chi connectivity index (χ0) is 23.0. The van der Waals surface area contributed by atoms with Crippen LogP contribution in [0.25, 0.3) is 0 Å². The molecule has 1 aliphatic heterocycles. The molecule has 1 amide bonds. The summed E-state index contributed by atoms with van der Waals surface area (Å²) in [6.45, 7) is 9.60. The molecule has 8 heteroatoms. The lowest BCUT2D eigenvalue weighted by molar-refractivity contribution is 0.0948. The molecule has 7 nitrogen and oxygen atoms in total. The molecule has 1 saturated heterocycles. The zero-order valence-electron chi connectivity index (χ0n) is 19.2. The number of anilines is 1. The van der Waals surface area contributed by atoms with Crippen molar-refractivity contribution in [3.8, 4) is 0 Å². The summed E-state index contributed by atoms with van der Waals surface area (Å²) < 4.78 is 0. The molecule has 0 atom stereocenters. The molecule has 0 saturated carbocycles. The van der Waals surface area contributed by atoms with E-state index in [2.05, 4.69) is 62.1 Å². The van der Waals surface area contributed by atoms with Gasteiger partial charge in [0.1, 0.15) is 5.03 Å². The molecular weight excluding hydrogens is 432 g/mol. The van der Waals surface area contributed by atoms with Crippen molar-refractivity contribution < 1.29 is 4.79 Å². The SMILES string of the molecule is Cc1ccc(Sc2ncccc2C(=O)NCCCN2CCN(c3ncccn3)CC2)cc1C. The molecule has 3 aromatic rings. The molecule has 1 aliphatic rings. The van der Waals surface area contributed by atoms with Gasteiger partial charge in [0, 0.05) is 56.2 Å². The predicted octanol–water partition coefficient (Wildman–Crippen LogP) is 3.58. The number of nitrogens with zero attached hydrogens (tertiary/aromatic N) is 5. The van der Waals surface area contributed by atoms with Gasteiger partial charge in [-0.3, -0.25) is 9.69 Å². The number of hydrogen-bond donors (Lipinski definition) is 1. The normalized spacial score (nSPS) is 14.3. The van der Waals surface area contributed by atoms with Crippen LogP contribution in [-0.2, 0) is 0 Å². The maximum absolute atomic E-state index is 12.8. The fourth-order valence-corrected chi connectivity index (χ4v) is 4.74. The standard InChI is InChI=1S/C25H30N6OS/c1-19-7-8-21(18-20(19)2)33-24-22(6-3-9-27-24)23(32)26-12-5-13-30-14-16-31(17-15-30)25-28-10-4-11-29-25/h3-4,6-11,18H,5,12-17H2,1-2H3,(H,26,32). The minimum absolute atomic E-state index is 0.0690. The third-order valence-corrected chi connectivity index (χ3v) is 6.86. The fraction of sp³-hybridized carbons (Fsp3) is 0.360.